The van der Waals surface area contributed by atoms with Crippen LogP contribution in [0, 0.1) is 0 Å². The zero-order chi connectivity index (χ0) is 17.3. The predicted octanol–water partition coefficient (Wildman–Crippen LogP) is 7.04. The van der Waals surface area contributed by atoms with Gasteiger partial charge in [0.25, 0.3) is 0 Å². The molecule has 0 nitrogen and oxygen atoms in total. The minimum absolute atomic E-state index is 0.281. The Balaban J connectivity index is 3.35. The molecule has 0 unspecified atom stereocenters. The van der Waals surface area contributed by atoms with Crippen LogP contribution < -0.4 is 3.58 Å². The number of hydrogen-bond acceptors (Lipinski definition) is 0. The summed E-state index contributed by atoms with van der Waals surface area (Å²) in [6.45, 7) is 14.3. The summed E-state index contributed by atoms with van der Waals surface area (Å²) in [6, 6.07) is 9.56. The van der Waals surface area contributed by atoms with Crippen molar-refractivity contribution in [2.45, 2.75) is 98.8 Å². The summed E-state index contributed by atoms with van der Waals surface area (Å²) in [5, 5.41) is 0. The van der Waals surface area contributed by atoms with E-state index in [1.807, 2.05) is 3.58 Å². The van der Waals surface area contributed by atoms with Gasteiger partial charge in [0.1, 0.15) is 0 Å². The van der Waals surface area contributed by atoms with Crippen molar-refractivity contribution in [1.29, 1.82) is 0 Å². The molecule has 0 aliphatic carbocycles. The fourth-order valence-corrected chi connectivity index (χ4v) is 21.4. The average Bonchev–Trinajstić information content (AvgIpc) is 2.54. The Morgan fingerprint density at radius 2 is 1.17 bits per heavy atom. The quantitative estimate of drug-likeness (QED) is 0.354. The maximum atomic E-state index is 2.54. The van der Waals surface area contributed by atoms with Gasteiger partial charge in [-0.3, -0.25) is 0 Å². The molecule has 0 saturated carbocycles. The van der Waals surface area contributed by atoms with Crippen molar-refractivity contribution in [1.82, 2.24) is 0 Å². The molecule has 0 bridgehead atoms. The molecule has 1 heteroatoms. The molecular weight excluding hydrogens is 383 g/mol. The van der Waals surface area contributed by atoms with E-state index in [0.717, 1.165) is 0 Å². The van der Waals surface area contributed by atoms with Crippen molar-refractivity contribution in [3.8, 4) is 0 Å². The average molecular weight is 423 g/mol. The molecular formula is C22H40Sn. The van der Waals surface area contributed by atoms with Crippen molar-refractivity contribution in [2.75, 3.05) is 0 Å². The topological polar surface area (TPSA) is 0 Å². The molecule has 132 valence electrons. The summed E-state index contributed by atoms with van der Waals surface area (Å²) in [6.07, 6.45) is 8.41. The van der Waals surface area contributed by atoms with Crippen molar-refractivity contribution >= 4 is 22.0 Å². The first-order valence-electron chi connectivity index (χ1n) is 10.0. The Hall–Kier alpha value is 0.0187. The predicted molar refractivity (Wildman–Crippen MR) is 110 cm³/mol. The van der Waals surface area contributed by atoms with Gasteiger partial charge in [-0.2, -0.15) is 0 Å². The SMILES string of the molecule is CCC[CH2][Sn]([CH2]CCC)([CH2]CCC)[c]1ccccc1C(C)(C)C. The van der Waals surface area contributed by atoms with Gasteiger partial charge in [-0.25, -0.2) is 0 Å². The second-order valence-electron chi connectivity index (χ2n) is 8.39. The first-order chi connectivity index (χ1) is 10.9. The molecule has 1 aromatic rings. The third-order valence-electron chi connectivity index (χ3n) is 5.33. The van der Waals surface area contributed by atoms with E-state index in [-0.39, 0.29) is 5.41 Å². The summed E-state index contributed by atoms with van der Waals surface area (Å²) in [7, 11) is 0. The van der Waals surface area contributed by atoms with Crippen molar-refractivity contribution < 1.29 is 0 Å². The zero-order valence-corrected chi connectivity index (χ0v) is 19.5. The number of rotatable bonds is 10. The van der Waals surface area contributed by atoms with E-state index in [2.05, 4.69) is 65.8 Å². The molecule has 0 spiro atoms. The number of benzene rings is 1. The third-order valence-corrected chi connectivity index (χ3v) is 21.1. The molecule has 0 radical (unpaired) electrons. The fraction of sp³-hybridized carbons (Fsp3) is 0.727. The van der Waals surface area contributed by atoms with E-state index in [0.29, 0.717) is 0 Å². The molecule has 23 heavy (non-hydrogen) atoms. The summed E-state index contributed by atoms with van der Waals surface area (Å²) in [4.78, 5) is 0. The number of unbranched alkanes of at least 4 members (excludes halogenated alkanes) is 3. The monoisotopic (exact) mass is 424 g/mol. The van der Waals surface area contributed by atoms with Crippen LogP contribution in [0.3, 0.4) is 0 Å². The van der Waals surface area contributed by atoms with E-state index in [4.69, 9.17) is 0 Å². The van der Waals surface area contributed by atoms with Crippen molar-refractivity contribution in [3.05, 3.63) is 29.8 Å². The van der Waals surface area contributed by atoms with Gasteiger partial charge >= 0.3 is 151 Å². The Morgan fingerprint density at radius 1 is 0.739 bits per heavy atom. The van der Waals surface area contributed by atoms with E-state index in [1.54, 1.807) is 18.9 Å². The molecule has 0 heterocycles. The van der Waals surface area contributed by atoms with Crippen LogP contribution >= 0.6 is 0 Å². The standard InChI is InChI=1S/C10H13.3C4H9.Sn/c1-10(2,3)9-7-5-4-6-8-9;3*1-3-4-2;/h4-7H,1-3H3;3*1,3-4H2,2H3;. The third kappa shape index (κ3) is 6.10. The van der Waals surface area contributed by atoms with Crippen LogP contribution in [0.2, 0.25) is 13.3 Å². The van der Waals surface area contributed by atoms with Crippen LogP contribution in [0.5, 0.6) is 0 Å². The van der Waals surface area contributed by atoms with E-state index in [9.17, 15) is 0 Å². The normalized spacial score (nSPS) is 12.6. The minimum atomic E-state index is -2.30. The van der Waals surface area contributed by atoms with E-state index < -0.39 is 18.4 Å². The van der Waals surface area contributed by atoms with Gasteiger partial charge in [0.15, 0.2) is 0 Å². The fourth-order valence-electron chi connectivity index (χ4n) is 3.92. The Bertz CT molecular complexity index is 420. The Kier molecular flexibility index (Phi) is 9.26. The van der Waals surface area contributed by atoms with Crippen LogP contribution in [0.25, 0.3) is 0 Å². The molecule has 0 aromatic heterocycles. The summed E-state index contributed by atoms with van der Waals surface area (Å²) >= 11 is -2.30. The molecule has 1 aromatic carbocycles. The molecule has 0 amide bonds. The molecule has 0 atom stereocenters. The molecule has 0 saturated heterocycles. The van der Waals surface area contributed by atoms with E-state index in [1.165, 1.54) is 38.5 Å². The van der Waals surface area contributed by atoms with Crippen LogP contribution in [0.15, 0.2) is 24.3 Å². The van der Waals surface area contributed by atoms with Crippen LogP contribution in [0.4, 0.5) is 0 Å². The summed E-state index contributed by atoms with van der Waals surface area (Å²) < 4.78 is 6.57. The van der Waals surface area contributed by atoms with Gasteiger partial charge in [0.2, 0.25) is 0 Å². The van der Waals surface area contributed by atoms with Gasteiger partial charge in [0, 0.05) is 0 Å². The van der Waals surface area contributed by atoms with Gasteiger partial charge in [-0.15, -0.1) is 0 Å². The van der Waals surface area contributed by atoms with Crippen molar-refractivity contribution in [2.24, 2.45) is 0 Å². The second kappa shape index (κ2) is 10.1. The molecule has 0 fully saturated rings. The molecule has 0 aliphatic heterocycles. The van der Waals surface area contributed by atoms with Crippen molar-refractivity contribution in [3.63, 3.8) is 0 Å². The second-order valence-corrected chi connectivity index (χ2v) is 21.5. The maximum absolute atomic E-state index is 2.54. The van der Waals surface area contributed by atoms with Gasteiger partial charge in [-0.05, 0) is 0 Å². The first kappa shape index (κ1) is 21.1. The van der Waals surface area contributed by atoms with Crippen LogP contribution in [0.1, 0.15) is 85.6 Å². The summed E-state index contributed by atoms with van der Waals surface area (Å²) in [5.41, 5.74) is 1.95. The Labute approximate surface area is 150 Å². The zero-order valence-electron chi connectivity index (χ0n) is 16.7. The molecule has 1 rings (SSSR count). The van der Waals surface area contributed by atoms with Gasteiger partial charge < -0.3 is 0 Å². The molecule has 0 aliphatic rings. The van der Waals surface area contributed by atoms with Crippen LogP contribution in [-0.2, 0) is 5.41 Å². The molecule has 0 N–H and O–H groups in total. The van der Waals surface area contributed by atoms with Crippen LogP contribution in [-0.4, -0.2) is 18.4 Å². The summed E-state index contributed by atoms with van der Waals surface area (Å²) in [5.74, 6) is 0. The van der Waals surface area contributed by atoms with E-state index >= 15 is 0 Å². The first-order valence-corrected chi connectivity index (χ1v) is 17.5. The number of hydrogen-bond donors (Lipinski definition) is 0. The Morgan fingerprint density at radius 3 is 1.57 bits per heavy atom. The van der Waals surface area contributed by atoms with Gasteiger partial charge in [0.05, 0.1) is 0 Å². The van der Waals surface area contributed by atoms with Gasteiger partial charge in [-0.1, -0.05) is 0 Å².